The molecule has 11 nitrogen and oxygen atoms in total. The van der Waals surface area contributed by atoms with Gasteiger partial charge in [-0.25, -0.2) is 17.5 Å². The predicted molar refractivity (Wildman–Crippen MR) is 176 cm³/mol. The molecule has 5 rings (SSSR count). The van der Waals surface area contributed by atoms with Gasteiger partial charge in [-0.05, 0) is 68.4 Å². The molecule has 0 amide bonds. The highest BCUT2D eigenvalue weighted by Gasteiger charge is 2.18. The summed E-state index contributed by atoms with van der Waals surface area (Å²) in [6, 6.07) is 25.7. The van der Waals surface area contributed by atoms with Gasteiger partial charge in [0, 0.05) is 18.0 Å². The molecule has 0 saturated heterocycles. The van der Waals surface area contributed by atoms with Crippen LogP contribution in [0.5, 0.6) is 0 Å². The van der Waals surface area contributed by atoms with Gasteiger partial charge in [0.2, 0.25) is 16.0 Å². The number of anilines is 4. The molecule has 5 aromatic rings. The van der Waals surface area contributed by atoms with Crippen LogP contribution >= 0.6 is 0 Å². The molecule has 0 saturated carbocycles. The molecule has 0 atom stereocenters. The van der Waals surface area contributed by atoms with Crippen molar-refractivity contribution in [3.63, 3.8) is 0 Å². The van der Waals surface area contributed by atoms with Gasteiger partial charge in [-0.15, -0.1) is 0 Å². The average Bonchev–Trinajstić information content (AvgIpc) is 3.07. The van der Waals surface area contributed by atoms with E-state index in [-0.39, 0.29) is 16.5 Å². The van der Waals surface area contributed by atoms with Crippen molar-refractivity contribution in [2.75, 3.05) is 23.2 Å². The lowest BCUT2D eigenvalue weighted by Gasteiger charge is -2.16. The standard InChI is InChI=1S/C32H30FN9O2S/c1-21(23-13-15-26(16-14-23)45(43,44)34-3)39-41-30-29(25-9-5-4-6-10-25)31(42-40-22(2)24-17-19-35-20-18-24)38-32(37-30)36-28-12-8-7-11-27(28)33/h4-20,34H,1-3H3,(H3,36,37,38,41,42). The second-order valence-corrected chi connectivity index (χ2v) is 11.6. The molecule has 228 valence electrons. The van der Waals surface area contributed by atoms with Gasteiger partial charge in [0.1, 0.15) is 5.82 Å². The summed E-state index contributed by atoms with van der Waals surface area (Å²) in [5.74, 6) is 0.265. The van der Waals surface area contributed by atoms with Crippen molar-refractivity contribution in [3.8, 4) is 11.1 Å². The Morgan fingerprint density at radius 1 is 0.733 bits per heavy atom. The third-order valence-electron chi connectivity index (χ3n) is 6.70. The first-order valence-corrected chi connectivity index (χ1v) is 15.3. The number of nitrogens with one attached hydrogen (secondary N) is 4. The quantitative estimate of drug-likeness (QED) is 0.104. The molecule has 3 aromatic carbocycles. The van der Waals surface area contributed by atoms with E-state index in [1.54, 1.807) is 49.6 Å². The molecule has 0 unspecified atom stereocenters. The largest absolute Gasteiger partial charge is 0.322 e. The van der Waals surface area contributed by atoms with Crippen LogP contribution in [-0.2, 0) is 10.0 Å². The first kappa shape index (κ1) is 30.9. The summed E-state index contributed by atoms with van der Waals surface area (Å²) in [4.78, 5) is 13.5. The first-order valence-electron chi connectivity index (χ1n) is 13.8. The molecule has 0 aliphatic heterocycles. The fourth-order valence-corrected chi connectivity index (χ4v) is 4.96. The zero-order valence-electron chi connectivity index (χ0n) is 24.7. The first-order chi connectivity index (χ1) is 21.7. The predicted octanol–water partition coefficient (Wildman–Crippen LogP) is 6.00. The minimum Gasteiger partial charge on any atom is -0.322 e. The molecule has 0 aliphatic rings. The number of nitrogens with zero attached hydrogens (tertiary/aromatic N) is 5. The van der Waals surface area contributed by atoms with E-state index in [1.165, 1.54) is 25.2 Å². The minimum atomic E-state index is -3.58. The number of rotatable bonds is 11. The normalized spacial score (nSPS) is 12.1. The van der Waals surface area contributed by atoms with Gasteiger partial charge < -0.3 is 5.32 Å². The van der Waals surface area contributed by atoms with Crippen LogP contribution in [-0.4, -0.2) is 41.8 Å². The highest BCUT2D eigenvalue weighted by molar-refractivity contribution is 7.89. The maximum Gasteiger partial charge on any atom is 0.240 e. The van der Waals surface area contributed by atoms with Crippen molar-refractivity contribution < 1.29 is 12.8 Å². The van der Waals surface area contributed by atoms with E-state index >= 15 is 0 Å². The van der Waals surface area contributed by atoms with Crippen molar-refractivity contribution in [2.45, 2.75) is 18.7 Å². The summed E-state index contributed by atoms with van der Waals surface area (Å²) < 4.78 is 41.2. The fourth-order valence-electron chi connectivity index (χ4n) is 4.23. The second-order valence-electron chi connectivity index (χ2n) is 9.68. The van der Waals surface area contributed by atoms with Gasteiger partial charge in [0.15, 0.2) is 11.6 Å². The van der Waals surface area contributed by atoms with E-state index in [9.17, 15) is 12.8 Å². The summed E-state index contributed by atoms with van der Waals surface area (Å²) in [6.07, 6.45) is 3.36. The van der Waals surface area contributed by atoms with E-state index in [1.807, 2.05) is 49.4 Å². The number of aromatic nitrogens is 3. The van der Waals surface area contributed by atoms with Crippen LogP contribution in [0.1, 0.15) is 25.0 Å². The van der Waals surface area contributed by atoms with Crippen molar-refractivity contribution in [3.05, 3.63) is 120 Å². The highest BCUT2D eigenvalue weighted by atomic mass is 32.2. The van der Waals surface area contributed by atoms with E-state index in [4.69, 9.17) is 0 Å². The monoisotopic (exact) mass is 623 g/mol. The van der Waals surface area contributed by atoms with Crippen LogP contribution in [0.3, 0.4) is 0 Å². The van der Waals surface area contributed by atoms with Gasteiger partial charge in [0.05, 0.1) is 27.6 Å². The van der Waals surface area contributed by atoms with Crippen LogP contribution < -0.4 is 20.9 Å². The van der Waals surface area contributed by atoms with Crippen molar-refractivity contribution >= 4 is 44.7 Å². The summed E-state index contributed by atoms with van der Waals surface area (Å²) in [5.41, 5.74) is 10.4. The molecule has 2 heterocycles. The summed E-state index contributed by atoms with van der Waals surface area (Å²) in [7, 11) is -2.22. The SMILES string of the molecule is CNS(=O)(=O)c1ccc(C(C)=NNc2nc(Nc3ccccc3F)nc(NN=C(C)c3ccncc3)c2-c2ccccc2)cc1. The molecule has 45 heavy (non-hydrogen) atoms. The zero-order chi connectivity index (χ0) is 31.8. The third-order valence-corrected chi connectivity index (χ3v) is 8.13. The van der Waals surface area contributed by atoms with Gasteiger partial charge >= 0.3 is 0 Å². The Balaban J connectivity index is 1.58. The van der Waals surface area contributed by atoms with Gasteiger partial charge in [-0.2, -0.15) is 20.2 Å². The lowest BCUT2D eigenvalue weighted by atomic mass is 10.1. The van der Waals surface area contributed by atoms with Crippen LogP contribution in [0.2, 0.25) is 0 Å². The Bertz CT molecular complexity index is 1950. The van der Waals surface area contributed by atoms with Gasteiger partial charge in [0.25, 0.3) is 0 Å². The highest BCUT2D eigenvalue weighted by Crippen LogP contribution is 2.35. The van der Waals surface area contributed by atoms with Gasteiger partial charge in [-0.1, -0.05) is 54.6 Å². The number of sulfonamides is 1. The molecule has 0 radical (unpaired) electrons. The number of hydrazone groups is 2. The van der Waals surface area contributed by atoms with Crippen molar-refractivity contribution in [2.24, 2.45) is 10.2 Å². The lowest BCUT2D eigenvalue weighted by Crippen LogP contribution is -2.18. The number of para-hydroxylation sites is 1. The van der Waals surface area contributed by atoms with Crippen molar-refractivity contribution in [1.29, 1.82) is 0 Å². The Morgan fingerprint density at radius 2 is 1.29 bits per heavy atom. The summed E-state index contributed by atoms with van der Waals surface area (Å²) >= 11 is 0. The van der Waals surface area contributed by atoms with E-state index in [0.29, 0.717) is 34.2 Å². The Morgan fingerprint density at radius 3 is 1.87 bits per heavy atom. The van der Waals surface area contributed by atoms with E-state index in [0.717, 1.165) is 11.1 Å². The maximum atomic E-state index is 14.6. The van der Waals surface area contributed by atoms with E-state index < -0.39 is 15.8 Å². The molecule has 4 N–H and O–H groups in total. The molecule has 2 aromatic heterocycles. The smallest absolute Gasteiger partial charge is 0.240 e. The number of halogens is 1. The summed E-state index contributed by atoms with van der Waals surface area (Å²) in [6.45, 7) is 3.63. The summed E-state index contributed by atoms with van der Waals surface area (Å²) in [5, 5.41) is 12.1. The minimum absolute atomic E-state index is 0.0935. The number of hydrogen-bond acceptors (Lipinski definition) is 10. The Kier molecular flexibility index (Phi) is 9.51. The van der Waals surface area contributed by atoms with Crippen LogP contribution in [0.25, 0.3) is 11.1 Å². The number of benzene rings is 3. The molecule has 0 fully saturated rings. The molecular formula is C32H30FN9O2S. The zero-order valence-corrected chi connectivity index (χ0v) is 25.5. The van der Waals surface area contributed by atoms with Gasteiger partial charge in [-0.3, -0.25) is 15.8 Å². The van der Waals surface area contributed by atoms with Crippen LogP contribution in [0, 0.1) is 5.82 Å². The molecule has 0 aliphatic carbocycles. The topological polar surface area (TPSA) is 146 Å². The number of pyridine rings is 1. The number of hydrogen-bond donors (Lipinski definition) is 4. The van der Waals surface area contributed by atoms with Crippen LogP contribution in [0.4, 0.5) is 27.7 Å². The molecule has 13 heteroatoms. The Hall–Kier alpha value is -5.53. The molecule has 0 bridgehead atoms. The molecular weight excluding hydrogens is 593 g/mol. The Labute approximate surface area is 260 Å². The second kappa shape index (κ2) is 13.8. The maximum absolute atomic E-state index is 14.6. The lowest BCUT2D eigenvalue weighted by molar-refractivity contribution is 0.588. The molecule has 0 spiro atoms. The van der Waals surface area contributed by atoms with Crippen molar-refractivity contribution in [1.82, 2.24) is 19.7 Å². The third kappa shape index (κ3) is 7.52. The van der Waals surface area contributed by atoms with Crippen LogP contribution in [0.15, 0.2) is 118 Å². The van der Waals surface area contributed by atoms with E-state index in [2.05, 4.69) is 46.0 Å². The fraction of sp³-hybridized carbons (Fsp3) is 0.0938. The average molecular weight is 624 g/mol.